The largest absolute Gasteiger partial charge is 0.416 e. The van der Waals surface area contributed by atoms with Gasteiger partial charge in [0.05, 0.1) is 11.1 Å². The van der Waals surface area contributed by atoms with Gasteiger partial charge in [-0.25, -0.2) is 0 Å². The van der Waals surface area contributed by atoms with Gasteiger partial charge in [0.1, 0.15) is 12.3 Å². The summed E-state index contributed by atoms with van der Waals surface area (Å²) in [4.78, 5) is 25.8. The summed E-state index contributed by atoms with van der Waals surface area (Å²) in [7, 11) is 0. The summed E-state index contributed by atoms with van der Waals surface area (Å²) in [5.74, 6) is -0.903. The average Bonchev–Trinajstić information content (AvgIpc) is 3.42. The Morgan fingerprint density at radius 1 is 0.911 bits per heavy atom. The molecular weight excluding hydrogens is 600 g/mol. The number of halogens is 6. The Hall–Kier alpha value is -4.36. The fraction of sp³-hybridized carbons (Fsp3) is 0.312. The molecule has 3 aromatic carbocycles. The fourth-order valence-electron chi connectivity index (χ4n) is 5.50. The standard InChI is InChI=1S/C32H31F6N5O2/c33-31(34,35)24-14-22(15-25(17-24)32(36,37)38)30(44)43-12-11-42(20-29(41-45-13-10-39)21-6-2-1-3-7-21)19-26(43)16-23-18-40-28-9-5-4-8-27(23)28/h1-9,14-15,17-18,26,40H,10-13,16,19-20,39H2/t26-/m1/s1. The molecular formula is C32H31F6N5O2. The zero-order chi connectivity index (χ0) is 32.2. The molecule has 1 amide bonds. The number of carbonyl (C=O) groups is 1. The number of para-hydroxylation sites is 1. The number of rotatable bonds is 9. The molecule has 0 spiro atoms. The van der Waals surface area contributed by atoms with Crippen LogP contribution in [0.2, 0.25) is 0 Å². The van der Waals surface area contributed by atoms with Gasteiger partial charge in [0.25, 0.3) is 5.91 Å². The zero-order valence-electron chi connectivity index (χ0n) is 24.0. The number of benzene rings is 3. The van der Waals surface area contributed by atoms with Gasteiger partial charge in [-0.3, -0.25) is 9.69 Å². The molecule has 238 valence electrons. The van der Waals surface area contributed by atoms with Crippen LogP contribution in [0, 0.1) is 0 Å². The van der Waals surface area contributed by atoms with Crippen LogP contribution in [0.15, 0.2) is 84.1 Å². The van der Waals surface area contributed by atoms with Crippen molar-refractivity contribution < 1.29 is 36.0 Å². The first-order valence-electron chi connectivity index (χ1n) is 14.3. The minimum Gasteiger partial charge on any atom is -0.394 e. The highest BCUT2D eigenvalue weighted by Gasteiger charge is 2.39. The van der Waals surface area contributed by atoms with Crippen LogP contribution in [0.25, 0.3) is 10.9 Å². The molecule has 2 heterocycles. The van der Waals surface area contributed by atoms with Gasteiger partial charge in [-0.1, -0.05) is 53.7 Å². The number of nitrogens with zero attached hydrogens (tertiary/aromatic N) is 3. The molecule has 7 nitrogen and oxygen atoms in total. The van der Waals surface area contributed by atoms with E-state index in [4.69, 9.17) is 10.6 Å². The number of piperazine rings is 1. The first kappa shape index (κ1) is 32.0. The lowest BCUT2D eigenvalue weighted by Crippen LogP contribution is -2.56. The topological polar surface area (TPSA) is 86.9 Å². The van der Waals surface area contributed by atoms with Crippen molar-refractivity contribution in [2.24, 2.45) is 10.9 Å². The quantitative estimate of drug-likeness (QED) is 0.103. The van der Waals surface area contributed by atoms with Gasteiger partial charge < -0.3 is 20.5 Å². The molecule has 13 heteroatoms. The van der Waals surface area contributed by atoms with Crippen molar-refractivity contribution in [3.63, 3.8) is 0 Å². The molecule has 45 heavy (non-hydrogen) atoms. The minimum absolute atomic E-state index is 0.0231. The van der Waals surface area contributed by atoms with Crippen LogP contribution < -0.4 is 5.73 Å². The summed E-state index contributed by atoms with van der Waals surface area (Å²) >= 11 is 0. The highest BCUT2D eigenvalue weighted by molar-refractivity contribution is 6.01. The number of alkyl halides is 6. The van der Waals surface area contributed by atoms with Crippen LogP contribution in [-0.2, 0) is 23.6 Å². The van der Waals surface area contributed by atoms with Crippen LogP contribution in [0.5, 0.6) is 0 Å². The Labute approximate surface area is 255 Å². The van der Waals surface area contributed by atoms with E-state index in [0.717, 1.165) is 22.0 Å². The van der Waals surface area contributed by atoms with Crippen molar-refractivity contribution in [3.8, 4) is 0 Å². The summed E-state index contributed by atoms with van der Waals surface area (Å²) in [5, 5.41) is 5.19. The summed E-state index contributed by atoms with van der Waals surface area (Å²) in [6.45, 7) is 1.43. The van der Waals surface area contributed by atoms with Gasteiger partial charge in [-0.05, 0) is 36.2 Å². The molecule has 0 saturated carbocycles. The maximum atomic E-state index is 13.8. The number of H-pyrrole nitrogens is 1. The number of aromatic amines is 1. The van der Waals surface area contributed by atoms with Crippen molar-refractivity contribution in [2.45, 2.75) is 24.8 Å². The van der Waals surface area contributed by atoms with E-state index < -0.39 is 41.0 Å². The van der Waals surface area contributed by atoms with E-state index in [-0.39, 0.29) is 32.3 Å². The van der Waals surface area contributed by atoms with Gasteiger partial charge in [0.15, 0.2) is 0 Å². The minimum atomic E-state index is -5.07. The summed E-state index contributed by atoms with van der Waals surface area (Å²) in [5.41, 5.74) is 4.96. The van der Waals surface area contributed by atoms with Crippen molar-refractivity contribution in [1.29, 1.82) is 0 Å². The van der Waals surface area contributed by atoms with Crippen LogP contribution >= 0.6 is 0 Å². The Kier molecular flexibility index (Phi) is 9.49. The third-order valence-corrected chi connectivity index (χ3v) is 7.66. The number of hydrogen-bond donors (Lipinski definition) is 2. The smallest absolute Gasteiger partial charge is 0.394 e. The van der Waals surface area contributed by atoms with Crippen molar-refractivity contribution >= 4 is 22.5 Å². The number of aromatic nitrogens is 1. The van der Waals surface area contributed by atoms with Gasteiger partial charge in [0.2, 0.25) is 0 Å². The maximum Gasteiger partial charge on any atom is 0.416 e. The van der Waals surface area contributed by atoms with Gasteiger partial charge in [-0.2, -0.15) is 26.3 Å². The predicted octanol–water partition coefficient (Wildman–Crippen LogP) is 5.95. The molecule has 3 N–H and O–H groups in total. The maximum absolute atomic E-state index is 13.8. The molecule has 0 bridgehead atoms. The Balaban J connectivity index is 1.48. The molecule has 4 aromatic rings. The highest BCUT2D eigenvalue weighted by Crippen LogP contribution is 2.37. The first-order valence-corrected chi connectivity index (χ1v) is 14.3. The lowest BCUT2D eigenvalue weighted by molar-refractivity contribution is -0.143. The Morgan fingerprint density at radius 3 is 2.24 bits per heavy atom. The molecule has 1 fully saturated rings. The van der Waals surface area contributed by atoms with E-state index in [1.54, 1.807) is 6.20 Å². The predicted molar refractivity (Wildman–Crippen MR) is 158 cm³/mol. The molecule has 1 aliphatic rings. The second kappa shape index (κ2) is 13.3. The average molecular weight is 632 g/mol. The fourth-order valence-corrected chi connectivity index (χ4v) is 5.50. The van der Waals surface area contributed by atoms with Crippen LogP contribution in [-0.4, -0.2) is 71.8 Å². The molecule has 5 rings (SSSR count). The van der Waals surface area contributed by atoms with Crippen molar-refractivity contribution in [1.82, 2.24) is 14.8 Å². The number of hydrogen-bond acceptors (Lipinski definition) is 5. The van der Waals surface area contributed by atoms with E-state index in [1.165, 1.54) is 4.90 Å². The Morgan fingerprint density at radius 2 is 1.58 bits per heavy atom. The molecule has 1 saturated heterocycles. The SMILES string of the molecule is NCCON=C(CN1CCN(C(=O)c2cc(C(F)(F)F)cc(C(F)(F)F)c2)[C@H](Cc2c[nH]c3ccccc23)C1)c1ccccc1. The van der Waals surface area contributed by atoms with E-state index in [1.807, 2.05) is 59.5 Å². The lowest BCUT2D eigenvalue weighted by Gasteiger charge is -2.42. The number of fused-ring (bicyclic) bond motifs is 1. The van der Waals surface area contributed by atoms with Crippen molar-refractivity contribution in [3.05, 3.63) is 107 Å². The normalized spacial score (nSPS) is 16.7. The summed E-state index contributed by atoms with van der Waals surface area (Å²) in [6, 6.07) is 17.3. The second-order valence-electron chi connectivity index (χ2n) is 10.8. The number of nitrogens with two attached hydrogens (primary N) is 1. The van der Waals surface area contributed by atoms with Gasteiger partial charge >= 0.3 is 12.4 Å². The van der Waals surface area contributed by atoms with Crippen LogP contribution in [0.3, 0.4) is 0 Å². The third-order valence-electron chi connectivity index (χ3n) is 7.66. The van der Waals surface area contributed by atoms with E-state index in [0.29, 0.717) is 37.4 Å². The third kappa shape index (κ3) is 7.66. The molecule has 1 aromatic heterocycles. The van der Waals surface area contributed by atoms with Gasteiger partial charge in [-0.15, -0.1) is 0 Å². The second-order valence-corrected chi connectivity index (χ2v) is 10.8. The molecule has 1 atom stereocenters. The monoisotopic (exact) mass is 631 g/mol. The number of carbonyl (C=O) groups excluding carboxylic acids is 1. The van der Waals surface area contributed by atoms with Crippen LogP contribution in [0.1, 0.15) is 32.6 Å². The molecule has 1 aliphatic heterocycles. The summed E-state index contributed by atoms with van der Waals surface area (Å²) < 4.78 is 81.7. The molecule has 0 radical (unpaired) electrons. The summed E-state index contributed by atoms with van der Waals surface area (Å²) in [6.07, 6.45) is -8.04. The number of oxime groups is 1. The lowest BCUT2D eigenvalue weighted by atomic mass is 9.98. The molecule has 0 aliphatic carbocycles. The highest BCUT2D eigenvalue weighted by atomic mass is 19.4. The van der Waals surface area contributed by atoms with Crippen molar-refractivity contribution in [2.75, 3.05) is 39.3 Å². The van der Waals surface area contributed by atoms with Crippen LogP contribution in [0.4, 0.5) is 26.3 Å². The number of amides is 1. The van der Waals surface area contributed by atoms with E-state index in [9.17, 15) is 31.1 Å². The zero-order valence-corrected chi connectivity index (χ0v) is 24.0. The first-order chi connectivity index (χ1) is 21.4. The van der Waals surface area contributed by atoms with E-state index in [2.05, 4.69) is 10.1 Å². The van der Waals surface area contributed by atoms with Gasteiger partial charge in [0, 0.05) is 67.0 Å². The van der Waals surface area contributed by atoms with E-state index >= 15 is 0 Å². The Bertz CT molecular complexity index is 1620. The molecule has 0 unspecified atom stereocenters. The number of nitrogens with one attached hydrogen (secondary N) is 1.